The molecule has 5 nitrogen and oxygen atoms in total. The van der Waals surface area contributed by atoms with E-state index in [1.807, 2.05) is 0 Å². The largest absolute Gasteiger partial charge is 0.326 e. The summed E-state index contributed by atoms with van der Waals surface area (Å²) in [6.07, 6.45) is 1.43. The van der Waals surface area contributed by atoms with Crippen molar-refractivity contribution in [1.82, 2.24) is 4.98 Å². The third-order valence-corrected chi connectivity index (χ3v) is 2.53. The molecule has 0 atom stereocenters. The van der Waals surface area contributed by atoms with Crippen LogP contribution in [0.2, 0.25) is 0 Å². The van der Waals surface area contributed by atoms with Crippen molar-refractivity contribution in [2.24, 2.45) is 5.73 Å². The van der Waals surface area contributed by atoms with Crippen LogP contribution in [0.4, 0.5) is 10.1 Å². The molecule has 92 valence electrons. The van der Waals surface area contributed by atoms with Gasteiger partial charge in [0.05, 0.1) is 4.92 Å². The first-order valence-electron chi connectivity index (χ1n) is 5.21. The number of pyridine rings is 1. The number of hydrogen-bond acceptors (Lipinski definition) is 4. The van der Waals surface area contributed by atoms with E-state index < -0.39 is 10.7 Å². The van der Waals surface area contributed by atoms with Crippen LogP contribution < -0.4 is 5.73 Å². The Bertz CT molecular complexity index is 602. The van der Waals surface area contributed by atoms with Crippen LogP contribution in [0, 0.1) is 15.9 Å². The van der Waals surface area contributed by atoms with Crippen LogP contribution in [0.15, 0.2) is 36.5 Å². The molecule has 0 aliphatic rings. The Hall–Kier alpha value is -2.34. The second-order valence-corrected chi connectivity index (χ2v) is 3.64. The van der Waals surface area contributed by atoms with Gasteiger partial charge >= 0.3 is 0 Å². The molecular formula is C12H10FN3O2. The SMILES string of the molecule is NCc1ccc(-c2ncccc2[N+](=O)[O-])cc1F. The van der Waals surface area contributed by atoms with E-state index in [-0.39, 0.29) is 17.9 Å². The Labute approximate surface area is 102 Å². The number of halogens is 1. The zero-order valence-electron chi connectivity index (χ0n) is 9.34. The predicted molar refractivity (Wildman–Crippen MR) is 64.2 cm³/mol. The van der Waals surface area contributed by atoms with Crippen LogP contribution in [-0.2, 0) is 6.54 Å². The van der Waals surface area contributed by atoms with E-state index in [0.29, 0.717) is 11.1 Å². The van der Waals surface area contributed by atoms with Crippen LogP contribution in [0.1, 0.15) is 5.56 Å². The molecule has 6 heteroatoms. The van der Waals surface area contributed by atoms with Gasteiger partial charge in [-0.2, -0.15) is 0 Å². The van der Waals surface area contributed by atoms with Gasteiger partial charge in [0, 0.05) is 29.9 Å². The molecule has 0 bridgehead atoms. The quantitative estimate of drug-likeness (QED) is 0.666. The molecule has 0 amide bonds. The van der Waals surface area contributed by atoms with Gasteiger partial charge in [-0.05, 0) is 12.1 Å². The van der Waals surface area contributed by atoms with Gasteiger partial charge in [-0.1, -0.05) is 12.1 Å². The van der Waals surface area contributed by atoms with Crippen molar-refractivity contribution in [3.05, 3.63) is 58.0 Å². The fourth-order valence-electron chi connectivity index (χ4n) is 1.63. The molecule has 2 aromatic rings. The smallest absolute Gasteiger partial charge is 0.295 e. The third kappa shape index (κ3) is 2.18. The van der Waals surface area contributed by atoms with E-state index in [2.05, 4.69) is 4.98 Å². The number of aromatic nitrogens is 1. The lowest BCUT2D eigenvalue weighted by atomic mass is 10.1. The summed E-state index contributed by atoms with van der Waals surface area (Å²) < 4.78 is 13.6. The number of nitrogens with zero attached hydrogens (tertiary/aromatic N) is 2. The molecule has 2 N–H and O–H groups in total. The van der Waals surface area contributed by atoms with Crippen molar-refractivity contribution in [1.29, 1.82) is 0 Å². The third-order valence-electron chi connectivity index (χ3n) is 2.53. The van der Waals surface area contributed by atoms with Gasteiger partial charge in [0.1, 0.15) is 11.5 Å². The van der Waals surface area contributed by atoms with Gasteiger partial charge < -0.3 is 5.73 Å². The van der Waals surface area contributed by atoms with Crippen molar-refractivity contribution < 1.29 is 9.31 Å². The maximum atomic E-state index is 13.6. The first kappa shape index (κ1) is 12.1. The highest BCUT2D eigenvalue weighted by Gasteiger charge is 2.16. The minimum Gasteiger partial charge on any atom is -0.326 e. The van der Waals surface area contributed by atoms with Gasteiger partial charge in [-0.3, -0.25) is 10.1 Å². The van der Waals surface area contributed by atoms with Gasteiger partial charge in [0.25, 0.3) is 5.69 Å². The Kier molecular flexibility index (Phi) is 3.29. The average Bonchev–Trinajstić information content (AvgIpc) is 2.38. The molecule has 0 spiro atoms. The van der Waals surface area contributed by atoms with E-state index in [1.54, 1.807) is 6.07 Å². The van der Waals surface area contributed by atoms with Gasteiger partial charge in [0.15, 0.2) is 0 Å². The fraction of sp³-hybridized carbons (Fsp3) is 0.0833. The van der Waals surface area contributed by atoms with E-state index in [9.17, 15) is 14.5 Å². The van der Waals surface area contributed by atoms with Crippen molar-refractivity contribution >= 4 is 5.69 Å². The maximum absolute atomic E-state index is 13.6. The Morgan fingerprint density at radius 1 is 1.39 bits per heavy atom. The molecule has 0 saturated carbocycles. The minimum absolute atomic E-state index is 0.0798. The van der Waals surface area contributed by atoms with Gasteiger partial charge in [-0.15, -0.1) is 0 Å². The summed E-state index contributed by atoms with van der Waals surface area (Å²) in [4.78, 5) is 14.2. The van der Waals surface area contributed by atoms with Crippen LogP contribution in [0.25, 0.3) is 11.3 Å². The second kappa shape index (κ2) is 4.89. The van der Waals surface area contributed by atoms with E-state index >= 15 is 0 Å². The molecule has 2 rings (SSSR count). The number of rotatable bonds is 3. The summed E-state index contributed by atoms with van der Waals surface area (Å²) in [5.41, 5.74) is 6.06. The molecule has 0 unspecified atom stereocenters. The molecule has 0 fully saturated rings. The van der Waals surface area contributed by atoms with Crippen molar-refractivity contribution in [3.63, 3.8) is 0 Å². The summed E-state index contributed by atoms with van der Waals surface area (Å²) in [5, 5.41) is 10.9. The first-order chi connectivity index (χ1) is 8.63. The highest BCUT2D eigenvalue weighted by molar-refractivity contribution is 5.69. The zero-order chi connectivity index (χ0) is 13.1. The molecule has 18 heavy (non-hydrogen) atoms. The molecule has 0 saturated heterocycles. The predicted octanol–water partition coefficient (Wildman–Crippen LogP) is 2.25. The Balaban J connectivity index is 2.55. The molecule has 1 aromatic heterocycles. The Morgan fingerprint density at radius 2 is 2.17 bits per heavy atom. The molecule has 0 radical (unpaired) electrons. The monoisotopic (exact) mass is 247 g/mol. The topological polar surface area (TPSA) is 82.0 Å². The lowest BCUT2D eigenvalue weighted by Gasteiger charge is -2.04. The fourth-order valence-corrected chi connectivity index (χ4v) is 1.63. The highest BCUT2D eigenvalue weighted by Crippen LogP contribution is 2.28. The van der Waals surface area contributed by atoms with E-state index in [1.165, 1.54) is 30.5 Å². The van der Waals surface area contributed by atoms with Crippen LogP contribution in [0.3, 0.4) is 0 Å². The van der Waals surface area contributed by atoms with Crippen LogP contribution >= 0.6 is 0 Å². The number of nitro groups is 1. The molecule has 1 aromatic carbocycles. The van der Waals surface area contributed by atoms with Crippen molar-refractivity contribution in [2.75, 3.05) is 0 Å². The molecule has 0 aliphatic carbocycles. The lowest BCUT2D eigenvalue weighted by Crippen LogP contribution is -2.00. The summed E-state index contributed by atoms with van der Waals surface area (Å²) in [6.45, 7) is 0.0798. The number of nitrogens with two attached hydrogens (primary N) is 1. The number of hydrogen-bond donors (Lipinski definition) is 1. The van der Waals surface area contributed by atoms with E-state index in [4.69, 9.17) is 5.73 Å². The first-order valence-corrected chi connectivity index (χ1v) is 5.21. The summed E-state index contributed by atoms with van der Waals surface area (Å²) in [5.74, 6) is -0.491. The maximum Gasteiger partial charge on any atom is 0.295 e. The standard InChI is InChI=1S/C12H10FN3O2/c13-10-6-8(3-4-9(10)7-14)12-11(16(17)18)2-1-5-15-12/h1-6H,7,14H2. The molecule has 0 aliphatic heterocycles. The molecular weight excluding hydrogens is 237 g/mol. The van der Waals surface area contributed by atoms with Crippen molar-refractivity contribution in [3.8, 4) is 11.3 Å². The normalized spacial score (nSPS) is 10.3. The minimum atomic E-state index is -0.545. The summed E-state index contributed by atoms with van der Waals surface area (Å²) in [6, 6.07) is 7.07. The van der Waals surface area contributed by atoms with Gasteiger partial charge in [0.2, 0.25) is 0 Å². The average molecular weight is 247 g/mol. The van der Waals surface area contributed by atoms with E-state index in [0.717, 1.165) is 0 Å². The number of benzene rings is 1. The summed E-state index contributed by atoms with van der Waals surface area (Å²) in [7, 11) is 0. The van der Waals surface area contributed by atoms with Gasteiger partial charge in [-0.25, -0.2) is 9.37 Å². The lowest BCUT2D eigenvalue weighted by molar-refractivity contribution is -0.384. The Morgan fingerprint density at radius 3 is 2.78 bits per heavy atom. The summed E-state index contributed by atoms with van der Waals surface area (Å²) >= 11 is 0. The van der Waals surface area contributed by atoms with Crippen molar-refractivity contribution in [2.45, 2.75) is 6.54 Å². The molecule has 1 heterocycles. The highest BCUT2D eigenvalue weighted by atomic mass is 19.1. The zero-order valence-corrected chi connectivity index (χ0v) is 9.34. The van der Waals surface area contributed by atoms with Crippen LogP contribution in [0.5, 0.6) is 0 Å². The second-order valence-electron chi connectivity index (χ2n) is 3.64. The van der Waals surface area contributed by atoms with Crippen LogP contribution in [-0.4, -0.2) is 9.91 Å².